The van der Waals surface area contributed by atoms with Crippen LogP contribution in [0.15, 0.2) is 0 Å². The fourth-order valence-corrected chi connectivity index (χ4v) is 5.51. The van der Waals surface area contributed by atoms with Gasteiger partial charge in [0.15, 0.2) is 0 Å². The summed E-state index contributed by atoms with van der Waals surface area (Å²) in [5.41, 5.74) is 6.33. The SMILES string of the molecule is CC(C)[C@H](NC(=O)C1CCCN1C(=O)C(N)C1CCCCC1)C(=O)N1CCCC1B(O)O. The van der Waals surface area contributed by atoms with E-state index in [9.17, 15) is 24.4 Å². The van der Waals surface area contributed by atoms with Gasteiger partial charge in [-0.3, -0.25) is 14.4 Å². The van der Waals surface area contributed by atoms with Crippen molar-refractivity contribution >= 4 is 24.8 Å². The molecule has 3 aliphatic rings. The first-order chi connectivity index (χ1) is 15.2. The summed E-state index contributed by atoms with van der Waals surface area (Å²) in [6.07, 6.45) is 7.76. The molecule has 0 aromatic carbocycles. The van der Waals surface area contributed by atoms with E-state index < -0.39 is 31.2 Å². The Balaban J connectivity index is 1.66. The van der Waals surface area contributed by atoms with E-state index in [2.05, 4.69) is 5.32 Å². The average Bonchev–Trinajstić information content (AvgIpc) is 3.46. The van der Waals surface area contributed by atoms with Gasteiger partial charge in [0, 0.05) is 13.1 Å². The molecule has 3 rings (SSSR count). The number of nitrogens with two attached hydrogens (primary N) is 1. The van der Waals surface area contributed by atoms with Crippen LogP contribution >= 0.6 is 0 Å². The second-order valence-electron chi connectivity index (χ2n) is 10.00. The van der Waals surface area contributed by atoms with Crippen molar-refractivity contribution in [1.29, 1.82) is 0 Å². The highest BCUT2D eigenvalue weighted by Gasteiger charge is 2.43. The minimum absolute atomic E-state index is 0.162. The van der Waals surface area contributed by atoms with Gasteiger partial charge in [0.05, 0.1) is 12.0 Å². The van der Waals surface area contributed by atoms with Crippen molar-refractivity contribution in [3.05, 3.63) is 0 Å². The van der Waals surface area contributed by atoms with Crippen LogP contribution in [0, 0.1) is 11.8 Å². The summed E-state index contributed by atoms with van der Waals surface area (Å²) >= 11 is 0. The molecule has 180 valence electrons. The molecule has 3 amide bonds. The van der Waals surface area contributed by atoms with E-state index in [1.165, 1.54) is 11.3 Å². The van der Waals surface area contributed by atoms with E-state index in [1.807, 2.05) is 13.8 Å². The number of likely N-dealkylation sites (tertiary alicyclic amines) is 2. The number of rotatable bonds is 7. The monoisotopic (exact) mass is 450 g/mol. The summed E-state index contributed by atoms with van der Waals surface area (Å²) in [5, 5.41) is 22.1. The summed E-state index contributed by atoms with van der Waals surface area (Å²) in [6.45, 7) is 4.63. The lowest BCUT2D eigenvalue weighted by Gasteiger charge is -2.34. The number of nitrogens with one attached hydrogen (secondary N) is 1. The molecule has 1 aliphatic carbocycles. The highest BCUT2D eigenvalue weighted by molar-refractivity contribution is 6.43. The normalized spacial score (nSPS) is 26.3. The molecule has 10 heteroatoms. The summed E-state index contributed by atoms with van der Waals surface area (Å²) in [5.74, 6) is -1.47. The predicted octanol–water partition coefficient (Wildman–Crippen LogP) is 0.0288. The Morgan fingerprint density at radius 3 is 2.16 bits per heavy atom. The van der Waals surface area contributed by atoms with Crippen LogP contribution in [-0.2, 0) is 14.4 Å². The number of carbonyl (C=O) groups is 3. The van der Waals surface area contributed by atoms with E-state index in [0.717, 1.165) is 32.1 Å². The average molecular weight is 450 g/mol. The van der Waals surface area contributed by atoms with E-state index >= 15 is 0 Å². The fourth-order valence-electron chi connectivity index (χ4n) is 5.51. The van der Waals surface area contributed by atoms with Crippen LogP contribution in [0.1, 0.15) is 71.6 Å². The predicted molar refractivity (Wildman–Crippen MR) is 121 cm³/mol. The van der Waals surface area contributed by atoms with Gasteiger partial charge in [0.1, 0.15) is 12.1 Å². The molecule has 2 saturated heterocycles. The second-order valence-corrected chi connectivity index (χ2v) is 10.00. The lowest BCUT2D eigenvalue weighted by Crippen LogP contribution is -2.59. The van der Waals surface area contributed by atoms with Gasteiger partial charge in [-0.25, -0.2) is 0 Å². The Hall–Kier alpha value is -1.65. The molecule has 3 fully saturated rings. The van der Waals surface area contributed by atoms with Gasteiger partial charge >= 0.3 is 7.12 Å². The Bertz CT molecular complexity index is 685. The quantitative estimate of drug-likeness (QED) is 0.404. The lowest BCUT2D eigenvalue weighted by atomic mass is 9.77. The maximum atomic E-state index is 13.2. The number of carbonyl (C=O) groups excluding carboxylic acids is 3. The molecule has 5 N–H and O–H groups in total. The van der Waals surface area contributed by atoms with Crippen molar-refractivity contribution in [2.24, 2.45) is 17.6 Å². The largest absolute Gasteiger partial charge is 0.475 e. The van der Waals surface area contributed by atoms with Crippen molar-refractivity contribution in [2.45, 2.75) is 95.7 Å². The lowest BCUT2D eigenvalue weighted by molar-refractivity contribution is -0.143. The van der Waals surface area contributed by atoms with E-state index in [-0.39, 0.29) is 29.6 Å². The Kier molecular flexibility index (Phi) is 8.58. The first-order valence-electron chi connectivity index (χ1n) is 12.3. The van der Waals surface area contributed by atoms with Crippen LogP contribution < -0.4 is 11.1 Å². The van der Waals surface area contributed by atoms with Gasteiger partial charge in [-0.2, -0.15) is 0 Å². The molecule has 3 unspecified atom stereocenters. The van der Waals surface area contributed by atoms with Crippen molar-refractivity contribution in [2.75, 3.05) is 13.1 Å². The molecule has 0 aromatic rings. The smallest absolute Gasteiger partial charge is 0.426 e. The van der Waals surface area contributed by atoms with E-state index in [0.29, 0.717) is 32.4 Å². The minimum Gasteiger partial charge on any atom is -0.426 e. The molecule has 2 heterocycles. The van der Waals surface area contributed by atoms with Crippen LogP contribution in [0.5, 0.6) is 0 Å². The highest BCUT2D eigenvalue weighted by Crippen LogP contribution is 2.28. The van der Waals surface area contributed by atoms with Gasteiger partial charge in [0.25, 0.3) is 0 Å². The molecular weight excluding hydrogens is 411 g/mol. The van der Waals surface area contributed by atoms with Crippen LogP contribution in [0.25, 0.3) is 0 Å². The van der Waals surface area contributed by atoms with Gasteiger partial charge < -0.3 is 30.9 Å². The van der Waals surface area contributed by atoms with Crippen LogP contribution in [-0.4, -0.2) is 81.8 Å². The third kappa shape index (κ3) is 5.46. The molecule has 0 aromatic heterocycles. The molecule has 4 atom stereocenters. The molecule has 1 saturated carbocycles. The fraction of sp³-hybridized carbons (Fsp3) is 0.864. The first-order valence-corrected chi connectivity index (χ1v) is 12.3. The summed E-state index contributed by atoms with van der Waals surface area (Å²) < 4.78 is 0. The second kappa shape index (κ2) is 11.0. The van der Waals surface area contributed by atoms with Crippen LogP contribution in [0.2, 0.25) is 0 Å². The van der Waals surface area contributed by atoms with Crippen molar-refractivity contribution in [1.82, 2.24) is 15.1 Å². The third-order valence-electron chi connectivity index (χ3n) is 7.44. The Labute approximate surface area is 191 Å². The van der Waals surface area contributed by atoms with Gasteiger partial charge in [-0.15, -0.1) is 0 Å². The van der Waals surface area contributed by atoms with E-state index in [1.54, 1.807) is 4.90 Å². The zero-order valence-corrected chi connectivity index (χ0v) is 19.4. The van der Waals surface area contributed by atoms with Crippen molar-refractivity contribution in [3.8, 4) is 0 Å². The van der Waals surface area contributed by atoms with Gasteiger partial charge in [-0.05, 0) is 50.4 Å². The van der Waals surface area contributed by atoms with E-state index in [4.69, 9.17) is 5.73 Å². The number of amides is 3. The molecule has 0 radical (unpaired) electrons. The Morgan fingerprint density at radius 1 is 0.906 bits per heavy atom. The zero-order valence-electron chi connectivity index (χ0n) is 19.4. The van der Waals surface area contributed by atoms with Crippen molar-refractivity contribution < 1.29 is 24.4 Å². The zero-order chi connectivity index (χ0) is 23.4. The molecule has 9 nitrogen and oxygen atoms in total. The minimum atomic E-state index is -1.60. The highest BCUT2D eigenvalue weighted by atomic mass is 16.4. The summed E-state index contributed by atoms with van der Waals surface area (Å²) in [7, 11) is -1.60. The van der Waals surface area contributed by atoms with Crippen molar-refractivity contribution in [3.63, 3.8) is 0 Å². The molecule has 0 bridgehead atoms. The van der Waals surface area contributed by atoms with Crippen LogP contribution in [0.3, 0.4) is 0 Å². The van der Waals surface area contributed by atoms with Crippen LogP contribution in [0.4, 0.5) is 0 Å². The number of nitrogens with zero attached hydrogens (tertiary/aromatic N) is 2. The van der Waals surface area contributed by atoms with Gasteiger partial charge in [0.2, 0.25) is 17.7 Å². The molecular formula is C22H39BN4O5. The maximum Gasteiger partial charge on any atom is 0.475 e. The first kappa shape index (κ1) is 25.0. The summed E-state index contributed by atoms with van der Waals surface area (Å²) in [4.78, 5) is 42.6. The molecule has 32 heavy (non-hydrogen) atoms. The Morgan fingerprint density at radius 2 is 1.53 bits per heavy atom. The maximum absolute atomic E-state index is 13.2. The molecule has 0 spiro atoms. The van der Waals surface area contributed by atoms with Gasteiger partial charge in [-0.1, -0.05) is 33.1 Å². The number of hydrogen-bond donors (Lipinski definition) is 4. The third-order valence-corrected chi connectivity index (χ3v) is 7.44. The standard InChI is InChI=1S/C22H39BN4O5/c1-14(2)19(22(30)27-13-7-11-17(27)23(31)32)25-20(28)16-10-6-12-26(16)21(29)18(24)15-8-4-3-5-9-15/h14-19,31-32H,3-13,24H2,1-2H3,(H,25,28)/t16?,17?,18?,19-/m0/s1. The topological polar surface area (TPSA) is 136 Å². The molecule has 2 aliphatic heterocycles. The number of hydrogen-bond acceptors (Lipinski definition) is 6. The summed E-state index contributed by atoms with van der Waals surface area (Å²) in [6, 6.07) is -1.99.